The van der Waals surface area contributed by atoms with E-state index in [1.165, 1.54) is 18.1 Å². The molecule has 48 heavy (non-hydrogen) atoms. The second-order valence-corrected chi connectivity index (χ2v) is 14.2. The Morgan fingerprint density at radius 3 is 2.71 bits per heavy atom. The van der Waals surface area contributed by atoms with Gasteiger partial charge in [0.05, 0.1) is 25.7 Å². The molecule has 1 aliphatic heterocycles. The third-order valence-electron chi connectivity index (χ3n) is 8.20. The highest BCUT2D eigenvalue weighted by Gasteiger charge is 2.30. The van der Waals surface area contributed by atoms with E-state index in [0.717, 1.165) is 62.7 Å². The number of aliphatic hydroxyl groups is 1. The number of aryl methyl sites for hydroxylation is 2. The van der Waals surface area contributed by atoms with E-state index in [1.54, 1.807) is 13.0 Å². The molecule has 0 amide bonds. The average molecular weight is 715 g/mol. The van der Waals surface area contributed by atoms with Crippen LogP contribution in [0.5, 0.6) is 5.75 Å². The van der Waals surface area contributed by atoms with Crippen LogP contribution < -0.4 is 4.74 Å². The molecule has 0 saturated heterocycles. The van der Waals surface area contributed by atoms with Crippen molar-refractivity contribution < 1.29 is 32.0 Å². The van der Waals surface area contributed by atoms with Gasteiger partial charge in [0.1, 0.15) is 11.3 Å². The number of rotatable bonds is 15. The van der Waals surface area contributed by atoms with Gasteiger partial charge in [-0.25, -0.2) is 4.68 Å². The number of aliphatic hydroxyl groups excluding tert-OH is 1. The summed E-state index contributed by atoms with van der Waals surface area (Å²) in [5, 5.41) is 18.6. The van der Waals surface area contributed by atoms with Crippen molar-refractivity contribution in [3.8, 4) is 5.75 Å². The maximum Gasteiger partial charge on any atom is 0.388 e. The Morgan fingerprint density at radius 1 is 1.15 bits per heavy atom. The van der Waals surface area contributed by atoms with Crippen molar-refractivity contribution in [2.24, 2.45) is 0 Å². The normalized spacial score (nSPS) is 15.1. The topological polar surface area (TPSA) is 133 Å². The van der Waals surface area contributed by atoms with Gasteiger partial charge in [-0.1, -0.05) is 41.6 Å². The summed E-state index contributed by atoms with van der Waals surface area (Å²) in [5.41, 5.74) is 5.93. The number of methoxy groups -OCH3 is 1. The quantitative estimate of drug-likeness (QED) is 0.0620. The molecule has 1 N–H and O–H groups in total. The summed E-state index contributed by atoms with van der Waals surface area (Å²) in [6.45, 7) is 4.56. The number of alkyl halides is 1. The molecule has 0 fully saturated rings. The van der Waals surface area contributed by atoms with Gasteiger partial charge in [-0.15, -0.1) is 28.5 Å². The van der Waals surface area contributed by atoms with E-state index >= 15 is 0 Å². The van der Waals surface area contributed by atoms with Crippen LogP contribution >= 0.6 is 23.4 Å². The lowest BCUT2D eigenvalue weighted by molar-refractivity contribution is -0.143. The van der Waals surface area contributed by atoms with Crippen LogP contribution in [0.1, 0.15) is 59.9 Å². The first-order valence-corrected chi connectivity index (χ1v) is 18.5. The van der Waals surface area contributed by atoms with Gasteiger partial charge in [0.25, 0.3) is 5.95 Å². The third kappa shape index (κ3) is 8.25. The zero-order chi connectivity index (χ0) is 34.3. The predicted molar refractivity (Wildman–Crippen MR) is 185 cm³/mol. The number of halogens is 1. The van der Waals surface area contributed by atoms with Crippen molar-refractivity contribution in [1.29, 1.82) is 0 Å². The first kappa shape index (κ1) is 35.5. The molecule has 0 spiro atoms. The first-order chi connectivity index (χ1) is 23.1. The summed E-state index contributed by atoms with van der Waals surface area (Å²) in [6.07, 6.45) is 3.27. The largest absolute Gasteiger partial charge is 0.496 e. The van der Waals surface area contributed by atoms with E-state index in [-0.39, 0.29) is 32.1 Å². The number of carbonyl (C=O) groups is 1. The molecule has 1 aromatic heterocycles. The van der Waals surface area contributed by atoms with Crippen molar-refractivity contribution in [3.63, 3.8) is 0 Å². The second kappa shape index (κ2) is 16.1. The smallest absolute Gasteiger partial charge is 0.388 e. The van der Waals surface area contributed by atoms with E-state index in [1.807, 2.05) is 59.8 Å². The molecule has 11 nitrogen and oxygen atoms in total. The van der Waals surface area contributed by atoms with E-state index in [2.05, 4.69) is 26.6 Å². The molecule has 1 atom stereocenters. The Hall–Kier alpha value is -3.78. The minimum absolute atomic E-state index is 0.0618. The number of ether oxygens (including phenoxy) is 2. The molecule has 0 bridgehead atoms. The van der Waals surface area contributed by atoms with Gasteiger partial charge in [0, 0.05) is 48.0 Å². The Labute approximate surface area is 290 Å². The molecule has 4 aromatic rings. The van der Waals surface area contributed by atoms with Crippen LogP contribution in [0.2, 0.25) is 0 Å². The highest BCUT2D eigenvalue weighted by Crippen LogP contribution is 2.36. The van der Waals surface area contributed by atoms with Crippen molar-refractivity contribution in [3.05, 3.63) is 94.4 Å². The summed E-state index contributed by atoms with van der Waals surface area (Å²) >= 11 is 7.90. The molecular weight excluding hydrogens is 676 g/mol. The number of benzene rings is 3. The van der Waals surface area contributed by atoms with E-state index in [4.69, 9.17) is 21.1 Å². The molecule has 0 saturated carbocycles. The summed E-state index contributed by atoms with van der Waals surface area (Å²) in [6, 6.07) is 17.6. The number of aromatic nitrogens is 3. The molecule has 3 aromatic carbocycles. The van der Waals surface area contributed by atoms with Crippen LogP contribution in [0, 0.1) is 6.92 Å². The van der Waals surface area contributed by atoms with Crippen molar-refractivity contribution in [1.82, 2.24) is 19.3 Å². The molecule has 0 aliphatic carbocycles. The average Bonchev–Trinajstić information content (AvgIpc) is 3.49. The lowest BCUT2D eigenvalue weighted by atomic mass is 9.84. The molecule has 14 heteroatoms. The number of hydrogen-bond donors (Lipinski definition) is 1. The van der Waals surface area contributed by atoms with E-state index < -0.39 is 22.2 Å². The van der Waals surface area contributed by atoms with Gasteiger partial charge < -0.3 is 18.8 Å². The fourth-order valence-electron chi connectivity index (χ4n) is 5.76. The van der Waals surface area contributed by atoms with Crippen molar-refractivity contribution in [2.45, 2.75) is 62.9 Å². The van der Waals surface area contributed by atoms with Gasteiger partial charge in [-0.3, -0.25) is 4.79 Å². The van der Waals surface area contributed by atoms with E-state index in [0.29, 0.717) is 17.2 Å². The fourth-order valence-corrected chi connectivity index (χ4v) is 8.08. The number of esters is 1. The lowest BCUT2D eigenvalue weighted by Crippen LogP contribution is -2.35. The Morgan fingerprint density at radius 2 is 1.96 bits per heavy atom. The molecule has 1 unspecified atom stereocenters. The summed E-state index contributed by atoms with van der Waals surface area (Å²) in [5.74, 6) is 0.500. The van der Waals surface area contributed by atoms with Crippen molar-refractivity contribution in [2.75, 3.05) is 26.0 Å². The van der Waals surface area contributed by atoms with Gasteiger partial charge in [0.15, 0.2) is 0 Å². The molecule has 1 aliphatic rings. The maximum absolute atomic E-state index is 12.9. The number of hydrogen-bond acceptors (Lipinski definition) is 10. The third-order valence-corrected chi connectivity index (χ3v) is 11.0. The zero-order valence-electron chi connectivity index (χ0n) is 27.1. The molecule has 5 rings (SSSR count). The second-order valence-electron chi connectivity index (χ2n) is 11.3. The van der Waals surface area contributed by atoms with Gasteiger partial charge in [-0.2, -0.15) is 12.7 Å². The predicted octanol–water partition coefficient (Wildman–Crippen LogP) is 6.62. The van der Waals surface area contributed by atoms with Crippen LogP contribution in [-0.4, -0.2) is 64.8 Å². The Balaban J connectivity index is 1.38. The van der Waals surface area contributed by atoms with E-state index in [9.17, 15) is 18.3 Å². The van der Waals surface area contributed by atoms with Crippen molar-refractivity contribution >= 4 is 50.7 Å². The summed E-state index contributed by atoms with van der Waals surface area (Å²) < 4.78 is 43.8. The number of thioether (sulfide) groups is 1. The number of carbonyl (C=O) groups excluding carboxylic acids is 1. The minimum atomic E-state index is -4.20. The van der Waals surface area contributed by atoms with Gasteiger partial charge >= 0.3 is 16.3 Å². The highest BCUT2D eigenvalue weighted by molar-refractivity contribution is 7.99. The number of unbranched alkanes of at least 4 members (excludes halogenated alkanes) is 1. The van der Waals surface area contributed by atoms with Crippen LogP contribution in [0.3, 0.4) is 0 Å². The number of fused-ring (bicyclic) bond motifs is 1. The highest BCUT2D eigenvalue weighted by atomic mass is 35.5. The van der Waals surface area contributed by atoms with Crippen LogP contribution in [0.25, 0.3) is 11.0 Å². The summed E-state index contributed by atoms with van der Waals surface area (Å²) in [4.78, 5) is 14.1. The first-order valence-electron chi connectivity index (χ1n) is 15.7. The minimum Gasteiger partial charge on any atom is -0.496 e. The molecule has 2 heterocycles. The van der Waals surface area contributed by atoms with Crippen LogP contribution in [0.15, 0.2) is 71.5 Å². The Bertz CT molecular complexity index is 1900. The van der Waals surface area contributed by atoms with Crippen LogP contribution in [-0.2, 0) is 43.0 Å². The number of nitrogens with zero attached hydrogens (tertiary/aromatic N) is 4. The van der Waals surface area contributed by atoms with Gasteiger partial charge in [0.2, 0.25) is 0 Å². The van der Waals surface area contributed by atoms with Gasteiger partial charge in [-0.05, 0) is 72.9 Å². The molecule has 256 valence electrons. The molecular formula is C34H39ClN4O7S2. The van der Waals surface area contributed by atoms with Crippen LogP contribution in [0.4, 0.5) is 0 Å². The maximum atomic E-state index is 12.9. The standard InChI is InChI=1S/C34H39ClN4O7S2/c1-4-45-33(41)20-28(24-11-14-30(44-3)26(19-24)22-38-17-15-32(40)46-48(38,42)43)27-12-13-29-34(23(27)2)36-37-39(29)16-7-8-18-47-31-10-6-5-9-25(31)21-35/h5-6,9-15,19,28,40H,4,7-8,16-18,20-22H2,1-3H3. The lowest BCUT2D eigenvalue weighted by Gasteiger charge is -2.25. The SMILES string of the molecule is CCOC(=O)CC(c1ccc(OC)c(CN2CC=C(O)OS2(=O)=O)c1)c1ccc2c(nnn2CCCCSc2ccccc2CCl)c1C. The fraction of sp³-hybridized carbons (Fsp3) is 0.382. The zero-order valence-corrected chi connectivity index (χ0v) is 29.5. The monoisotopic (exact) mass is 714 g/mol. The summed E-state index contributed by atoms with van der Waals surface area (Å²) in [7, 11) is -2.70. The molecule has 0 radical (unpaired) electrons. The Kier molecular flexibility index (Phi) is 11.9.